The van der Waals surface area contributed by atoms with E-state index in [9.17, 15) is 20.0 Å². The molecule has 0 aliphatic carbocycles. The molecule has 0 aromatic heterocycles. The summed E-state index contributed by atoms with van der Waals surface area (Å²) in [6.07, 6.45) is 0.790. The van der Waals surface area contributed by atoms with Gasteiger partial charge in [0.25, 0.3) is 5.69 Å². The van der Waals surface area contributed by atoms with E-state index >= 15 is 0 Å². The number of likely N-dealkylation sites (tertiary alicyclic amines) is 1. The van der Waals surface area contributed by atoms with E-state index in [1.165, 1.54) is 24.3 Å². The third-order valence-corrected chi connectivity index (χ3v) is 4.17. The highest BCUT2D eigenvalue weighted by Gasteiger charge is 2.26. The topological polar surface area (TPSA) is 102 Å². The van der Waals surface area contributed by atoms with Crippen molar-refractivity contribution in [3.8, 4) is 5.75 Å². The number of carbonyl (C=O) groups excluding carboxylic acids is 1. The van der Waals surface area contributed by atoms with Gasteiger partial charge in [-0.15, -0.1) is 0 Å². The van der Waals surface area contributed by atoms with Gasteiger partial charge in [-0.05, 0) is 45.0 Å². The molecule has 25 heavy (non-hydrogen) atoms. The standard InChI is InChI=1S/C17H24N2O6/c1-2-24-17(21)13-7-9-18(10-8-13)11-15(20)12-25-16-5-3-14(4-6-16)19(22)23/h3-6,13,15,20H,2,7-12H2,1H3. The molecule has 1 unspecified atom stereocenters. The van der Waals surface area contributed by atoms with E-state index in [0.29, 0.717) is 18.9 Å². The number of aliphatic hydroxyl groups is 1. The first-order valence-electron chi connectivity index (χ1n) is 8.44. The Labute approximate surface area is 146 Å². The number of nitrogens with zero attached hydrogens (tertiary/aromatic N) is 2. The molecule has 138 valence electrons. The van der Waals surface area contributed by atoms with Crippen molar-refractivity contribution in [2.75, 3.05) is 32.8 Å². The molecule has 0 spiro atoms. The van der Waals surface area contributed by atoms with E-state index in [0.717, 1.165) is 25.9 Å². The fourth-order valence-electron chi connectivity index (χ4n) is 2.82. The Hall–Kier alpha value is -2.19. The molecule has 0 saturated carbocycles. The van der Waals surface area contributed by atoms with Crippen LogP contribution in [0.5, 0.6) is 5.75 Å². The molecule has 0 radical (unpaired) electrons. The molecule has 1 aromatic rings. The lowest BCUT2D eigenvalue weighted by atomic mass is 9.97. The van der Waals surface area contributed by atoms with Crippen LogP contribution in [0.4, 0.5) is 5.69 Å². The maximum Gasteiger partial charge on any atom is 0.309 e. The number of piperidine rings is 1. The van der Waals surface area contributed by atoms with Gasteiger partial charge in [0.2, 0.25) is 0 Å². The van der Waals surface area contributed by atoms with E-state index in [1.807, 2.05) is 0 Å². The molecule has 2 rings (SSSR count). The van der Waals surface area contributed by atoms with E-state index < -0.39 is 11.0 Å². The number of β-amino-alcohol motifs (C(OH)–C–C–N with tert-alkyl or cyclic N) is 1. The van der Waals surface area contributed by atoms with Crippen molar-refractivity contribution < 1.29 is 24.3 Å². The molecule has 1 heterocycles. The third-order valence-electron chi connectivity index (χ3n) is 4.17. The van der Waals surface area contributed by atoms with Crippen LogP contribution in [0, 0.1) is 16.0 Å². The number of hydrogen-bond donors (Lipinski definition) is 1. The van der Waals surface area contributed by atoms with Crippen LogP contribution in [0.15, 0.2) is 24.3 Å². The van der Waals surface area contributed by atoms with Crippen LogP contribution in [0.2, 0.25) is 0 Å². The quantitative estimate of drug-likeness (QED) is 0.431. The predicted octanol–water partition coefficient (Wildman–Crippen LogP) is 1.61. The number of nitro benzene ring substituents is 1. The Kier molecular flexibility index (Phi) is 7.15. The predicted molar refractivity (Wildman–Crippen MR) is 90.4 cm³/mol. The molecular formula is C17H24N2O6. The maximum atomic E-state index is 11.7. The zero-order valence-corrected chi connectivity index (χ0v) is 14.3. The second kappa shape index (κ2) is 9.33. The Morgan fingerprint density at radius 1 is 1.36 bits per heavy atom. The number of hydrogen-bond acceptors (Lipinski definition) is 7. The minimum atomic E-state index is -0.672. The summed E-state index contributed by atoms with van der Waals surface area (Å²) in [5.41, 5.74) is -0.00244. The number of aliphatic hydroxyl groups excluding tert-OH is 1. The summed E-state index contributed by atoms with van der Waals surface area (Å²) >= 11 is 0. The second-order valence-corrected chi connectivity index (χ2v) is 6.04. The zero-order valence-electron chi connectivity index (χ0n) is 14.3. The summed E-state index contributed by atoms with van der Waals surface area (Å²) < 4.78 is 10.5. The normalized spacial score (nSPS) is 17.0. The highest BCUT2D eigenvalue weighted by molar-refractivity contribution is 5.72. The van der Waals surface area contributed by atoms with Crippen LogP contribution in [-0.2, 0) is 9.53 Å². The van der Waals surface area contributed by atoms with Crippen LogP contribution in [0.1, 0.15) is 19.8 Å². The largest absolute Gasteiger partial charge is 0.491 e. The molecule has 8 nitrogen and oxygen atoms in total. The van der Waals surface area contributed by atoms with Gasteiger partial charge >= 0.3 is 5.97 Å². The van der Waals surface area contributed by atoms with Gasteiger partial charge in [-0.3, -0.25) is 14.9 Å². The first-order valence-corrected chi connectivity index (χ1v) is 8.44. The van der Waals surface area contributed by atoms with Crippen LogP contribution >= 0.6 is 0 Å². The van der Waals surface area contributed by atoms with Crippen LogP contribution in [0.25, 0.3) is 0 Å². The van der Waals surface area contributed by atoms with E-state index in [1.54, 1.807) is 6.92 Å². The minimum Gasteiger partial charge on any atom is -0.491 e. The number of non-ortho nitro benzene ring substituents is 1. The molecule has 1 saturated heterocycles. The number of benzene rings is 1. The van der Waals surface area contributed by atoms with Crippen molar-refractivity contribution >= 4 is 11.7 Å². The summed E-state index contributed by atoms with van der Waals surface area (Å²) in [5.74, 6) is 0.291. The summed E-state index contributed by atoms with van der Waals surface area (Å²) in [6.45, 7) is 4.24. The van der Waals surface area contributed by atoms with Crippen molar-refractivity contribution in [3.63, 3.8) is 0 Å². The molecular weight excluding hydrogens is 328 g/mol. The van der Waals surface area contributed by atoms with Gasteiger partial charge < -0.3 is 19.5 Å². The van der Waals surface area contributed by atoms with Crippen LogP contribution < -0.4 is 4.74 Å². The van der Waals surface area contributed by atoms with Gasteiger partial charge in [0.15, 0.2) is 0 Å². The molecule has 1 aliphatic heterocycles. The number of ether oxygens (including phenoxy) is 2. The van der Waals surface area contributed by atoms with E-state index in [-0.39, 0.29) is 24.2 Å². The summed E-state index contributed by atoms with van der Waals surface area (Å²) in [7, 11) is 0. The fraction of sp³-hybridized carbons (Fsp3) is 0.588. The van der Waals surface area contributed by atoms with Crippen LogP contribution in [-0.4, -0.2) is 59.9 Å². The van der Waals surface area contributed by atoms with Gasteiger partial charge in [-0.1, -0.05) is 0 Å². The van der Waals surface area contributed by atoms with E-state index in [2.05, 4.69) is 4.90 Å². The van der Waals surface area contributed by atoms with Crippen molar-refractivity contribution in [2.24, 2.45) is 5.92 Å². The van der Waals surface area contributed by atoms with E-state index in [4.69, 9.17) is 9.47 Å². The summed E-state index contributed by atoms with van der Waals surface area (Å²) in [5, 5.41) is 20.7. The number of nitro groups is 1. The molecule has 0 bridgehead atoms. The summed E-state index contributed by atoms with van der Waals surface area (Å²) in [4.78, 5) is 23.9. The molecule has 1 atom stereocenters. The lowest BCUT2D eigenvalue weighted by Gasteiger charge is -2.32. The van der Waals surface area contributed by atoms with Crippen molar-refractivity contribution in [2.45, 2.75) is 25.9 Å². The summed E-state index contributed by atoms with van der Waals surface area (Å²) in [6, 6.07) is 5.75. The Morgan fingerprint density at radius 2 is 2.00 bits per heavy atom. The van der Waals surface area contributed by atoms with Crippen LogP contribution in [0.3, 0.4) is 0 Å². The molecule has 1 aliphatic rings. The Bertz CT molecular complexity index is 569. The average Bonchev–Trinajstić information content (AvgIpc) is 2.61. The van der Waals surface area contributed by atoms with Gasteiger partial charge in [0.05, 0.1) is 17.4 Å². The third kappa shape index (κ3) is 5.99. The highest BCUT2D eigenvalue weighted by Crippen LogP contribution is 2.20. The molecule has 1 N–H and O–H groups in total. The first-order chi connectivity index (χ1) is 12.0. The smallest absolute Gasteiger partial charge is 0.309 e. The zero-order chi connectivity index (χ0) is 18.2. The molecule has 8 heteroatoms. The second-order valence-electron chi connectivity index (χ2n) is 6.04. The highest BCUT2D eigenvalue weighted by atomic mass is 16.6. The van der Waals surface area contributed by atoms with Crippen molar-refractivity contribution in [1.29, 1.82) is 0 Å². The van der Waals surface area contributed by atoms with Crippen molar-refractivity contribution in [1.82, 2.24) is 4.90 Å². The van der Waals surface area contributed by atoms with Gasteiger partial charge in [0.1, 0.15) is 18.5 Å². The lowest BCUT2D eigenvalue weighted by Crippen LogP contribution is -2.42. The number of esters is 1. The van der Waals surface area contributed by atoms with Crippen molar-refractivity contribution in [3.05, 3.63) is 34.4 Å². The van der Waals surface area contributed by atoms with Gasteiger partial charge in [0, 0.05) is 18.7 Å². The first kappa shape index (κ1) is 19.1. The monoisotopic (exact) mass is 352 g/mol. The minimum absolute atomic E-state index is 0.00244. The fourth-order valence-corrected chi connectivity index (χ4v) is 2.82. The van der Waals surface area contributed by atoms with Gasteiger partial charge in [-0.25, -0.2) is 0 Å². The Balaban J connectivity index is 1.69. The molecule has 1 aromatic carbocycles. The SMILES string of the molecule is CCOC(=O)C1CCN(CC(O)COc2ccc([N+](=O)[O-])cc2)CC1. The number of rotatable bonds is 8. The molecule has 1 fully saturated rings. The average molecular weight is 352 g/mol. The lowest BCUT2D eigenvalue weighted by molar-refractivity contribution is -0.384. The Morgan fingerprint density at radius 3 is 2.56 bits per heavy atom. The van der Waals surface area contributed by atoms with Gasteiger partial charge in [-0.2, -0.15) is 0 Å². The maximum absolute atomic E-state index is 11.7. The number of carbonyl (C=O) groups is 1. The molecule has 0 amide bonds.